The van der Waals surface area contributed by atoms with Gasteiger partial charge in [0.05, 0.1) is 5.69 Å². The first-order chi connectivity index (χ1) is 6.74. The summed E-state index contributed by atoms with van der Waals surface area (Å²) in [5.74, 6) is 0.0240. The van der Waals surface area contributed by atoms with Gasteiger partial charge >= 0.3 is 6.61 Å². The van der Waals surface area contributed by atoms with E-state index in [2.05, 4.69) is 10.1 Å². The summed E-state index contributed by atoms with van der Waals surface area (Å²) in [6, 6.07) is 6.16. The fourth-order valence-electron chi connectivity index (χ4n) is 0.993. The van der Waals surface area contributed by atoms with Crippen molar-refractivity contribution in [2.75, 3.05) is 18.5 Å². The summed E-state index contributed by atoms with van der Waals surface area (Å²) in [6.45, 7) is -3.37. The van der Waals surface area contributed by atoms with Gasteiger partial charge < -0.3 is 10.1 Å². The van der Waals surface area contributed by atoms with E-state index in [1.165, 1.54) is 6.07 Å². The SMILES string of the molecule is FCCNc1ccccc1OC(F)F. The average molecular weight is 205 g/mol. The van der Waals surface area contributed by atoms with Crippen LogP contribution in [-0.4, -0.2) is 19.8 Å². The Hall–Kier alpha value is -1.39. The lowest BCUT2D eigenvalue weighted by atomic mass is 10.3. The summed E-state index contributed by atoms with van der Waals surface area (Å²) in [5, 5.41) is 2.63. The summed E-state index contributed by atoms with van der Waals surface area (Å²) in [7, 11) is 0. The van der Waals surface area contributed by atoms with Gasteiger partial charge in [0.2, 0.25) is 0 Å². The molecule has 0 amide bonds. The van der Waals surface area contributed by atoms with Crippen LogP contribution in [0.25, 0.3) is 0 Å². The van der Waals surface area contributed by atoms with Crippen molar-refractivity contribution in [3.8, 4) is 5.75 Å². The Bertz CT molecular complexity index is 281. The summed E-state index contributed by atoms with van der Waals surface area (Å²) in [4.78, 5) is 0. The van der Waals surface area contributed by atoms with E-state index in [1.54, 1.807) is 18.2 Å². The molecule has 78 valence electrons. The molecule has 0 aliphatic heterocycles. The average Bonchev–Trinajstić information content (AvgIpc) is 2.16. The lowest BCUT2D eigenvalue weighted by molar-refractivity contribution is -0.0493. The number of halogens is 3. The molecule has 0 spiro atoms. The van der Waals surface area contributed by atoms with E-state index < -0.39 is 13.3 Å². The molecule has 0 aliphatic rings. The van der Waals surface area contributed by atoms with E-state index in [1.807, 2.05) is 0 Å². The van der Waals surface area contributed by atoms with Crippen LogP contribution in [0.5, 0.6) is 5.75 Å². The maximum atomic E-state index is 11.9. The van der Waals surface area contributed by atoms with Gasteiger partial charge in [-0.05, 0) is 12.1 Å². The Balaban J connectivity index is 2.69. The highest BCUT2D eigenvalue weighted by molar-refractivity contribution is 5.56. The van der Waals surface area contributed by atoms with Gasteiger partial charge in [-0.2, -0.15) is 8.78 Å². The molecule has 1 N–H and O–H groups in total. The number of anilines is 1. The second-order valence-electron chi connectivity index (χ2n) is 2.49. The zero-order valence-corrected chi connectivity index (χ0v) is 7.34. The Morgan fingerprint density at radius 1 is 1.29 bits per heavy atom. The predicted molar refractivity (Wildman–Crippen MR) is 47.5 cm³/mol. The molecule has 1 aromatic rings. The van der Waals surface area contributed by atoms with Gasteiger partial charge in [-0.25, -0.2) is 4.39 Å². The molecule has 0 aliphatic carbocycles. The van der Waals surface area contributed by atoms with Gasteiger partial charge in [-0.1, -0.05) is 12.1 Å². The molecular weight excluding hydrogens is 195 g/mol. The van der Waals surface area contributed by atoms with E-state index in [4.69, 9.17) is 0 Å². The van der Waals surface area contributed by atoms with Gasteiger partial charge in [-0.3, -0.25) is 0 Å². The molecule has 1 rings (SSSR count). The van der Waals surface area contributed by atoms with E-state index in [0.29, 0.717) is 5.69 Å². The summed E-state index contributed by atoms with van der Waals surface area (Å²) in [6.07, 6.45) is 0. The molecule has 0 bridgehead atoms. The molecule has 0 atom stereocenters. The highest BCUT2D eigenvalue weighted by atomic mass is 19.3. The van der Waals surface area contributed by atoms with Crippen LogP contribution in [0, 0.1) is 0 Å². The smallest absolute Gasteiger partial charge is 0.387 e. The monoisotopic (exact) mass is 205 g/mol. The van der Waals surface area contributed by atoms with Gasteiger partial charge in [0.15, 0.2) is 0 Å². The van der Waals surface area contributed by atoms with Crippen molar-refractivity contribution in [3.05, 3.63) is 24.3 Å². The number of alkyl halides is 3. The molecule has 0 fully saturated rings. The van der Waals surface area contributed by atoms with Crippen molar-refractivity contribution >= 4 is 5.69 Å². The number of para-hydroxylation sites is 2. The highest BCUT2D eigenvalue weighted by Crippen LogP contribution is 2.24. The minimum absolute atomic E-state index is 0.0240. The Morgan fingerprint density at radius 3 is 2.64 bits per heavy atom. The van der Waals surface area contributed by atoms with Crippen molar-refractivity contribution in [2.45, 2.75) is 6.61 Å². The number of ether oxygens (including phenoxy) is 1. The van der Waals surface area contributed by atoms with E-state index in [0.717, 1.165) is 0 Å². The normalized spacial score (nSPS) is 10.3. The predicted octanol–water partition coefficient (Wildman–Crippen LogP) is 2.67. The Morgan fingerprint density at radius 2 is 2.00 bits per heavy atom. The van der Waals surface area contributed by atoms with Crippen LogP contribution < -0.4 is 10.1 Å². The van der Waals surface area contributed by atoms with Crippen molar-refractivity contribution in [2.24, 2.45) is 0 Å². The quantitative estimate of drug-likeness (QED) is 0.797. The minimum atomic E-state index is -2.87. The van der Waals surface area contributed by atoms with Gasteiger partial charge in [0.25, 0.3) is 0 Å². The number of hydrogen-bond acceptors (Lipinski definition) is 2. The van der Waals surface area contributed by atoms with Crippen LogP contribution in [0.2, 0.25) is 0 Å². The molecule has 2 nitrogen and oxygen atoms in total. The number of nitrogens with one attached hydrogen (secondary N) is 1. The standard InChI is InChI=1S/C9H10F3NO/c10-5-6-13-7-3-1-2-4-8(7)14-9(11)12/h1-4,9,13H,5-6H2. The Kier molecular flexibility index (Phi) is 4.10. The lowest BCUT2D eigenvalue weighted by Crippen LogP contribution is -2.08. The van der Waals surface area contributed by atoms with Gasteiger partial charge in [0.1, 0.15) is 12.4 Å². The highest BCUT2D eigenvalue weighted by Gasteiger charge is 2.07. The summed E-state index contributed by atoms with van der Waals surface area (Å²) >= 11 is 0. The number of benzene rings is 1. The van der Waals surface area contributed by atoms with Crippen molar-refractivity contribution in [3.63, 3.8) is 0 Å². The molecule has 0 radical (unpaired) electrons. The first kappa shape index (κ1) is 10.7. The molecule has 0 saturated carbocycles. The summed E-state index contributed by atoms with van der Waals surface area (Å²) < 4.78 is 39.8. The third-order valence-electron chi connectivity index (χ3n) is 1.51. The van der Waals surface area contributed by atoms with E-state index >= 15 is 0 Å². The topological polar surface area (TPSA) is 21.3 Å². The fraction of sp³-hybridized carbons (Fsp3) is 0.333. The van der Waals surface area contributed by atoms with Crippen molar-refractivity contribution < 1.29 is 17.9 Å². The maximum absolute atomic E-state index is 11.9. The molecular formula is C9H10F3NO. The molecule has 14 heavy (non-hydrogen) atoms. The van der Waals surface area contributed by atoms with Crippen LogP contribution >= 0.6 is 0 Å². The molecule has 0 saturated heterocycles. The van der Waals surface area contributed by atoms with Crippen LogP contribution in [0.15, 0.2) is 24.3 Å². The van der Waals surface area contributed by atoms with Crippen LogP contribution in [0.1, 0.15) is 0 Å². The molecule has 5 heteroatoms. The van der Waals surface area contributed by atoms with Crippen LogP contribution in [0.4, 0.5) is 18.9 Å². The Labute approximate surface area is 79.7 Å². The second kappa shape index (κ2) is 5.36. The molecule has 0 aromatic heterocycles. The van der Waals surface area contributed by atoms with E-state index in [-0.39, 0.29) is 12.3 Å². The van der Waals surface area contributed by atoms with Crippen molar-refractivity contribution in [1.29, 1.82) is 0 Å². The van der Waals surface area contributed by atoms with E-state index in [9.17, 15) is 13.2 Å². The zero-order valence-electron chi connectivity index (χ0n) is 7.34. The fourth-order valence-corrected chi connectivity index (χ4v) is 0.993. The van der Waals surface area contributed by atoms with Crippen LogP contribution in [-0.2, 0) is 0 Å². The number of rotatable bonds is 5. The van der Waals surface area contributed by atoms with Gasteiger partial charge in [0, 0.05) is 6.54 Å². The molecule has 1 aromatic carbocycles. The first-order valence-corrected chi connectivity index (χ1v) is 4.07. The largest absolute Gasteiger partial charge is 0.433 e. The lowest BCUT2D eigenvalue weighted by Gasteiger charge is -2.10. The first-order valence-electron chi connectivity index (χ1n) is 4.07. The third kappa shape index (κ3) is 3.16. The summed E-state index contributed by atoms with van der Waals surface area (Å²) in [5.41, 5.74) is 0.366. The molecule has 0 unspecified atom stereocenters. The second-order valence-corrected chi connectivity index (χ2v) is 2.49. The third-order valence-corrected chi connectivity index (χ3v) is 1.51. The van der Waals surface area contributed by atoms with Gasteiger partial charge in [-0.15, -0.1) is 0 Å². The van der Waals surface area contributed by atoms with Crippen LogP contribution in [0.3, 0.4) is 0 Å². The zero-order chi connectivity index (χ0) is 10.4. The maximum Gasteiger partial charge on any atom is 0.387 e. The van der Waals surface area contributed by atoms with Crippen molar-refractivity contribution in [1.82, 2.24) is 0 Å². The number of hydrogen-bond donors (Lipinski definition) is 1. The minimum Gasteiger partial charge on any atom is -0.433 e. The molecule has 0 heterocycles.